The molecular weight excluding hydrogens is 136 g/mol. The van der Waals surface area contributed by atoms with Crippen LogP contribution in [0.25, 0.3) is 0 Å². The normalized spacial score (nSPS) is 11.5. The van der Waals surface area contributed by atoms with Crippen LogP contribution in [0.3, 0.4) is 0 Å². The quantitative estimate of drug-likeness (QED) is 0.573. The molecule has 0 aliphatic carbocycles. The minimum absolute atomic E-state index is 0.768. The van der Waals surface area contributed by atoms with Crippen molar-refractivity contribution >= 4 is 0 Å². The lowest BCUT2D eigenvalue weighted by atomic mass is 10.1. The van der Waals surface area contributed by atoms with Crippen LogP contribution in [-0.2, 0) is 11.5 Å². The lowest BCUT2D eigenvalue weighted by Gasteiger charge is -1.97. The van der Waals surface area contributed by atoms with Gasteiger partial charge >= 0.3 is 0 Å². The number of allylic oxidation sites excluding steroid dienone is 1. The van der Waals surface area contributed by atoms with E-state index in [1.54, 1.807) is 0 Å². The summed E-state index contributed by atoms with van der Waals surface area (Å²) in [5, 5.41) is 10.3. The summed E-state index contributed by atoms with van der Waals surface area (Å²) < 4.78 is 0. The highest BCUT2D eigenvalue weighted by molar-refractivity contribution is 5.19. The van der Waals surface area contributed by atoms with Crippen molar-refractivity contribution in [1.29, 1.82) is 0 Å². The van der Waals surface area contributed by atoms with Gasteiger partial charge in [-0.3, -0.25) is 5.11 Å². The fourth-order valence-electron chi connectivity index (χ4n) is 0.960. The Morgan fingerprint density at radius 2 is 2.00 bits per heavy atom. The highest BCUT2D eigenvalue weighted by atomic mass is 16.2. The van der Waals surface area contributed by atoms with Crippen molar-refractivity contribution in [1.82, 2.24) is 0 Å². The van der Waals surface area contributed by atoms with E-state index in [0.29, 0.717) is 0 Å². The van der Waals surface area contributed by atoms with Crippen LogP contribution in [-0.4, -0.2) is 0 Å². The van der Waals surface area contributed by atoms with Crippen LogP contribution in [0.1, 0.15) is 12.5 Å². The SMILES string of the molecule is C/C(=C/[O])Cc1ccccc1. The molecule has 0 saturated carbocycles. The van der Waals surface area contributed by atoms with E-state index < -0.39 is 0 Å². The molecule has 0 spiro atoms. The van der Waals surface area contributed by atoms with Crippen LogP contribution < -0.4 is 0 Å². The lowest BCUT2D eigenvalue weighted by Crippen LogP contribution is -1.84. The second-order valence-electron chi connectivity index (χ2n) is 2.63. The Hall–Kier alpha value is -1.24. The van der Waals surface area contributed by atoms with E-state index in [1.807, 2.05) is 37.3 Å². The van der Waals surface area contributed by atoms with Gasteiger partial charge in [-0.2, -0.15) is 0 Å². The molecule has 0 bridgehead atoms. The smallest absolute Gasteiger partial charge is 0.142 e. The minimum atomic E-state index is 0.768. The van der Waals surface area contributed by atoms with Crippen LogP contribution in [0.4, 0.5) is 0 Å². The van der Waals surface area contributed by atoms with Crippen molar-refractivity contribution in [3.63, 3.8) is 0 Å². The molecule has 1 radical (unpaired) electrons. The van der Waals surface area contributed by atoms with E-state index in [4.69, 9.17) is 0 Å². The predicted molar refractivity (Wildman–Crippen MR) is 44.6 cm³/mol. The second-order valence-corrected chi connectivity index (χ2v) is 2.63. The van der Waals surface area contributed by atoms with Gasteiger partial charge in [0.1, 0.15) is 6.26 Å². The number of benzene rings is 1. The van der Waals surface area contributed by atoms with E-state index in [-0.39, 0.29) is 0 Å². The summed E-state index contributed by atoms with van der Waals surface area (Å²) in [4.78, 5) is 0. The Morgan fingerprint density at radius 1 is 1.36 bits per heavy atom. The van der Waals surface area contributed by atoms with Gasteiger partial charge in [-0.15, -0.1) is 0 Å². The summed E-state index contributed by atoms with van der Waals surface area (Å²) >= 11 is 0. The maximum absolute atomic E-state index is 10.3. The molecule has 0 fully saturated rings. The second kappa shape index (κ2) is 3.81. The molecule has 0 atom stereocenters. The molecular formula is C10H11O. The number of hydrogen-bond acceptors (Lipinski definition) is 0. The molecule has 1 heteroatoms. The highest BCUT2D eigenvalue weighted by Gasteiger charge is 1.92. The molecule has 0 saturated heterocycles. The van der Waals surface area contributed by atoms with Crippen molar-refractivity contribution in [3.05, 3.63) is 47.7 Å². The Bertz CT molecular complexity index is 236. The zero-order valence-electron chi connectivity index (χ0n) is 6.58. The molecule has 1 aromatic rings. The summed E-state index contributed by atoms with van der Waals surface area (Å²) in [5.74, 6) is 0. The molecule has 1 nitrogen and oxygen atoms in total. The van der Waals surface area contributed by atoms with Crippen LogP contribution in [0.15, 0.2) is 42.2 Å². The van der Waals surface area contributed by atoms with Crippen molar-refractivity contribution in [3.8, 4) is 0 Å². The van der Waals surface area contributed by atoms with Gasteiger partial charge in [0.25, 0.3) is 0 Å². The molecule has 11 heavy (non-hydrogen) atoms. The van der Waals surface area contributed by atoms with Gasteiger partial charge in [0.05, 0.1) is 0 Å². The van der Waals surface area contributed by atoms with E-state index in [0.717, 1.165) is 18.3 Å². The lowest BCUT2D eigenvalue weighted by molar-refractivity contribution is 0.346. The van der Waals surface area contributed by atoms with E-state index >= 15 is 0 Å². The van der Waals surface area contributed by atoms with E-state index in [2.05, 4.69) is 0 Å². The third-order valence-corrected chi connectivity index (χ3v) is 1.53. The van der Waals surface area contributed by atoms with Gasteiger partial charge < -0.3 is 0 Å². The van der Waals surface area contributed by atoms with Crippen molar-refractivity contribution in [2.75, 3.05) is 0 Å². The summed E-state index contributed by atoms with van der Waals surface area (Å²) in [7, 11) is 0. The number of rotatable bonds is 2. The molecule has 57 valence electrons. The van der Waals surface area contributed by atoms with E-state index in [1.165, 1.54) is 5.56 Å². The highest BCUT2D eigenvalue weighted by Crippen LogP contribution is 2.05. The standard InChI is InChI=1S/C10H11O/c1-9(8-11)7-10-5-3-2-4-6-10/h2-6,8H,7H2,1H3/b9-8-. The maximum atomic E-state index is 10.3. The summed E-state index contributed by atoms with van der Waals surface area (Å²) in [6, 6.07) is 9.97. The third-order valence-electron chi connectivity index (χ3n) is 1.53. The molecule has 0 heterocycles. The average molecular weight is 147 g/mol. The van der Waals surface area contributed by atoms with Gasteiger partial charge in [0.15, 0.2) is 0 Å². The van der Waals surface area contributed by atoms with Crippen LogP contribution >= 0.6 is 0 Å². The zero-order valence-corrected chi connectivity index (χ0v) is 6.58. The van der Waals surface area contributed by atoms with E-state index in [9.17, 15) is 5.11 Å². The topological polar surface area (TPSA) is 19.9 Å². The molecule has 0 aromatic heterocycles. The van der Waals surface area contributed by atoms with Crippen LogP contribution in [0.5, 0.6) is 0 Å². The number of hydrogen-bond donors (Lipinski definition) is 0. The molecule has 0 N–H and O–H groups in total. The average Bonchev–Trinajstić information content (AvgIpc) is 2.06. The Morgan fingerprint density at radius 3 is 2.55 bits per heavy atom. The molecule has 0 amide bonds. The van der Waals surface area contributed by atoms with Gasteiger partial charge in [0.2, 0.25) is 0 Å². The fraction of sp³-hybridized carbons (Fsp3) is 0.200. The van der Waals surface area contributed by atoms with Gasteiger partial charge in [-0.25, -0.2) is 0 Å². The first-order valence-electron chi connectivity index (χ1n) is 3.64. The third kappa shape index (κ3) is 2.46. The first kappa shape index (κ1) is 7.86. The summed E-state index contributed by atoms with van der Waals surface area (Å²) in [5.41, 5.74) is 2.06. The Kier molecular flexibility index (Phi) is 2.73. The van der Waals surface area contributed by atoms with Crippen LogP contribution in [0, 0.1) is 0 Å². The monoisotopic (exact) mass is 147 g/mol. The van der Waals surface area contributed by atoms with Gasteiger partial charge in [0, 0.05) is 0 Å². The van der Waals surface area contributed by atoms with Crippen molar-refractivity contribution in [2.24, 2.45) is 0 Å². The molecule has 0 unspecified atom stereocenters. The first-order valence-corrected chi connectivity index (χ1v) is 3.64. The molecule has 0 aliphatic rings. The van der Waals surface area contributed by atoms with Gasteiger partial charge in [-0.1, -0.05) is 30.3 Å². The Balaban J connectivity index is 2.65. The first-order chi connectivity index (χ1) is 5.33. The molecule has 1 rings (SSSR count). The molecule has 1 aromatic carbocycles. The van der Waals surface area contributed by atoms with Crippen LogP contribution in [0.2, 0.25) is 0 Å². The predicted octanol–water partition coefficient (Wildman–Crippen LogP) is 2.56. The maximum Gasteiger partial charge on any atom is 0.142 e. The largest absolute Gasteiger partial charge is 0.299 e. The van der Waals surface area contributed by atoms with Crippen molar-refractivity contribution < 1.29 is 5.11 Å². The Labute approximate surface area is 67.0 Å². The summed E-state index contributed by atoms with van der Waals surface area (Å²) in [6.07, 6.45) is 1.68. The van der Waals surface area contributed by atoms with Gasteiger partial charge in [-0.05, 0) is 24.5 Å². The summed E-state index contributed by atoms with van der Waals surface area (Å²) in [6.45, 7) is 1.85. The van der Waals surface area contributed by atoms with Crippen molar-refractivity contribution in [2.45, 2.75) is 13.3 Å². The fourth-order valence-corrected chi connectivity index (χ4v) is 0.960. The molecule has 0 aliphatic heterocycles. The zero-order chi connectivity index (χ0) is 8.10. The minimum Gasteiger partial charge on any atom is -0.299 e.